The summed E-state index contributed by atoms with van der Waals surface area (Å²) in [5.74, 6) is 0.375. The van der Waals surface area contributed by atoms with Crippen molar-refractivity contribution in [3.8, 4) is 11.5 Å². The van der Waals surface area contributed by atoms with Gasteiger partial charge in [-0.15, -0.1) is 0 Å². The number of Topliss-reactive ketones (excluding diaryl/α,β-unsaturated/α-hetero) is 1. The number of esters is 1. The fourth-order valence-electron chi connectivity index (χ4n) is 4.99. The van der Waals surface area contributed by atoms with E-state index in [9.17, 15) is 9.59 Å². The molecule has 0 radical (unpaired) electrons. The predicted molar refractivity (Wildman–Crippen MR) is 139 cm³/mol. The van der Waals surface area contributed by atoms with Gasteiger partial charge in [0, 0.05) is 34.3 Å². The molecular weight excluding hydrogens is 478 g/mol. The Labute approximate surface area is 217 Å². The van der Waals surface area contributed by atoms with Gasteiger partial charge in [0.05, 0.1) is 26.4 Å². The highest BCUT2D eigenvalue weighted by atomic mass is 35.5. The second-order valence-corrected chi connectivity index (χ2v) is 10.1. The van der Waals surface area contributed by atoms with Gasteiger partial charge in [0.2, 0.25) is 0 Å². The van der Waals surface area contributed by atoms with Crippen LogP contribution in [0, 0.1) is 5.92 Å². The summed E-state index contributed by atoms with van der Waals surface area (Å²) in [6.07, 6.45) is 0.924. The number of ether oxygens (including phenoxy) is 3. The first-order chi connectivity index (χ1) is 17.2. The Kier molecular flexibility index (Phi) is 7.74. The largest absolute Gasteiger partial charge is 0.493 e. The van der Waals surface area contributed by atoms with E-state index in [-0.39, 0.29) is 17.6 Å². The number of ketones is 1. The summed E-state index contributed by atoms with van der Waals surface area (Å²) in [6, 6.07) is 13.1. The van der Waals surface area contributed by atoms with Gasteiger partial charge in [-0.25, -0.2) is 4.79 Å². The van der Waals surface area contributed by atoms with Crippen molar-refractivity contribution in [2.75, 3.05) is 20.8 Å². The van der Waals surface area contributed by atoms with Crippen LogP contribution in [-0.4, -0.2) is 32.6 Å². The molecule has 2 aliphatic rings. The number of nitrogens with one attached hydrogen (secondary N) is 1. The Morgan fingerprint density at radius 2 is 1.81 bits per heavy atom. The lowest BCUT2D eigenvalue weighted by Crippen LogP contribution is -2.36. The van der Waals surface area contributed by atoms with Crippen LogP contribution in [0.4, 0.5) is 0 Å². The average molecular weight is 510 g/mol. The third-order valence-corrected chi connectivity index (χ3v) is 7.03. The maximum atomic E-state index is 13.8. The van der Waals surface area contributed by atoms with Crippen molar-refractivity contribution in [3.63, 3.8) is 0 Å². The number of dihydropyridines is 1. The van der Waals surface area contributed by atoms with Crippen LogP contribution in [0.1, 0.15) is 56.6 Å². The van der Waals surface area contributed by atoms with Gasteiger partial charge in [0.15, 0.2) is 17.3 Å². The highest BCUT2D eigenvalue weighted by Crippen LogP contribution is 2.47. The summed E-state index contributed by atoms with van der Waals surface area (Å²) in [5, 5.41) is 3.88. The lowest BCUT2D eigenvalue weighted by Gasteiger charge is -2.37. The molecule has 0 amide bonds. The molecule has 7 heteroatoms. The number of methoxy groups -OCH3 is 2. The third kappa shape index (κ3) is 5.00. The summed E-state index contributed by atoms with van der Waals surface area (Å²) in [5.41, 5.74) is 4.22. The van der Waals surface area contributed by atoms with Gasteiger partial charge in [0.1, 0.15) is 0 Å². The maximum absolute atomic E-state index is 13.8. The Balaban J connectivity index is 1.76. The number of allylic oxidation sites excluding steroid dienone is 3. The molecular formula is C29H32ClNO5. The van der Waals surface area contributed by atoms with Crippen LogP contribution < -0.4 is 14.8 Å². The highest BCUT2D eigenvalue weighted by Gasteiger charge is 2.42. The Bertz CT molecular complexity index is 1250. The van der Waals surface area contributed by atoms with E-state index in [0.717, 1.165) is 16.8 Å². The molecule has 0 spiro atoms. The maximum Gasteiger partial charge on any atom is 0.336 e. The van der Waals surface area contributed by atoms with Gasteiger partial charge >= 0.3 is 5.97 Å². The van der Waals surface area contributed by atoms with E-state index in [1.807, 2.05) is 57.2 Å². The standard InChI is InChI=1S/C29H32ClNO5/c1-16(2)15-36-29(33)26-17(3)31-22-12-19(18-10-11-24(34-4)25(14-18)35-5)13-23(32)28(22)27(26)20-8-6-7-9-21(20)30/h6-11,14,16,19,27,31H,12-13,15H2,1-5H3/t19-,27+/m1/s1. The number of carbonyl (C=O) groups excluding carboxylic acids is 2. The Hall–Kier alpha value is -3.25. The molecule has 36 heavy (non-hydrogen) atoms. The first-order valence-electron chi connectivity index (χ1n) is 12.1. The van der Waals surface area contributed by atoms with Gasteiger partial charge < -0.3 is 19.5 Å². The molecule has 1 aliphatic heterocycles. The molecule has 2 atom stereocenters. The molecule has 2 aromatic carbocycles. The van der Waals surface area contributed by atoms with Crippen LogP contribution in [-0.2, 0) is 14.3 Å². The highest BCUT2D eigenvalue weighted by molar-refractivity contribution is 6.31. The van der Waals surface area contributed by atoms with E-state index >= 15 is 0 Å². The SMILES string of the molecule is COc1ccc([C@H]2CC(=O)C3=C(C2)NC(C)=C(C(=O)OCC(C)C)[C@@H]3c2ccccc2Cl)cc1OC. The van der Waals surface area contributed by atoms with Crippen molar-refractivity contribution in [1.29, 1.82) is 0 Å². The van der Waals surface area contributed by atoms with Crippen molar-refractivity contribution in [3.05, 3.63) is 81.2 Å². The quantitative estimate of drug-likeness (QED) is 0.467. The Morgan fingerprint density at radius 3 is 2.47 bits per heavy atom. The molecule has 6 nitrogen and oxygen atoms in total. The van der Waals surface area contributed by atoms with Gasteiger partial charge in [-0.3, -0.25) is 4.79 Å². The molecule has 0 bridgehead atoms. The monoisotopic (exact) mass is 509 g/mol. The average Bonchev–Trinajstić information content (AvgIpc) is 2.86. The zero-order chi connectivity index (χ0) is 26.0. The number of hydrogen-bond acceptors (Lipinski definition) is 6. The third-order valence-electron chi connectivity index (χ3n) is 6.69. The summed E-state index contributed by atoms with van der Waals surface area (Å²) in [6.45, 7) is 6.12. The molecule has 0 saturated carbocycles. The first kappa shape index (κ1) is 25.8. The second-order valence-electron chi connectivity index (χ2n) is 9.65. The normalized spacial score (nSPS) is 19.7. The molecule has 4 rings (SSSR count). The van der Waals surface area contributed by atoms with E-state index in [4.69, 9.17) is 25.8 Å². The summed E-state index contributed by atoms with van der Waals surface area (Å²) in [7, 11) is 3.19. The van der Waals surface area contributed by atoms with Crippen molar-refractivity contribution >= 4 is 23.4 Å². The topological polar surface area (TPSA) is 73.9 Å². The minimum Gasteiger partial charge on any atom is -0.493 e. The zero-order valence-electron chi connectivity index (χ0n) is 21.3. The molecule has 1 N–H and O–H groups in total. The second kappa shape index (κ2) is 10.8. The minimum atomic E-state index is -0.589. The zero-order valence-corrected chi connectivity index (χ0v) is 22.1. The predicted octanol–water partition coefficient (Wildman–Crippen LogP) is 5.92. The van der Waals surface area contributed by atoms with Crippen molar-refractivity contribution in [2.45, 2.75) is 45.4 Å². The summed E-state index contributed by atoms with van der Waals surface area (Å²) >= 11 is 6.61. The lowest BCUT2D eigenvalue weighted by atomic mass is 9.71. The fourth-order valence-corrected chi connectivity index (χ4v) is 5.24. The van der Waals surface area contributed by atoms with E-state index < -0.39 is 11.9 Å². The van der Waals surface area contributed by atoms with Gasteiger partial charge in [0.25, 0.3) is 0 Å². The van der Waals surface area contributed by atoms with E-state index in [0.29, 0.717) is 52.8 Å². The van der Waals surface area contributed by atoms with E-state index in [1.54, 1.807) is 20.3 Å². The molecule has 0 aromatic heterocycles. The first-order valence-corrected chi connectivity index (χ1v) is 12.5. The van der Waals surface area contributed by atoms with E-state index in [1.165, 1.54) is 0 Å². The van der Waals surface area contributed by atoms with Gasteiger partial charge in [-0.1, -0.05) is 49.7 Å². The summed E-state index contributed by atoms with van der Waals surface area (Å²) in [4.78, 5) is 27.0. The van der Waals surface area contributed by atoms with Crippen LogP contribution in [0.15, 0.2) is 65.0 Å². The van der Waals surface area contributed by atoms with Crippen molar-refractivity contribution < 1.29 is 23.8 Å². The molecule has 0 fully saturated rings. The number of hydrogen-bond donors (Lipinski definition) is 1. The molecule has 2 aromatic rings. The van der Waals surface area contributed by atoms with Crippen LogP contribution in [0.25, 0.3) is 0 Å². The minimum absolute atomic E-state index is 0.0184. The smallest absolute Gasteiger partial charge is 0.336 e. The number of rotatable bonds is 7. The molecule has 190 valence electrons. The number of carbonyl (C=O) groups is 2. The van der Waals surface area contributed by atoms with E-state index in [2.05, 4.69) is 5.32 Å². The van der Waals surface area contributed by atoms with Crippen LogP contribution in [0.3, 0.4) is 0 Å². The van der Waals surface area contributed by atoms with Crippen molar-refractivity contribution in [2.24, 2.45) is 5.92 Å². The lowest BCUT2D eigenvalue weighted by molar-refractivity contribution is -0.140. The fraction of sp³-hybridized carbons (Fsp3) is 0.379. The summed E-state index contributed by atoms with van der Waals surface area (Å²) < 4.78 is 16.5. The number of halogens is 1. The molecule has 1 heterocycles. The van der Waals surface area contributed by atoms with Gasteiger partial charge in [-0.05, 0) is 54.5 Å². The molecule has 0 saturated heterocycles. The molecule has 0 unspecified atom stereocenters. The van der Waals surface area contributed by atoms with Crippen LogP contribution >= 0.6 is 11.6 Å². The van der Waals surface area contributed by atoms with Gasteiger partial charge in [-0.2, -0.15) is 0 Å². The molecule has 1 aliphatic carbocycles. The number of benzene rings is 2. The van der Waals surface area contributed by atoms with Crippen LogP contribution in [0.5, 0.6) is 11.5 Å². The van der Waals surface area contributed by atoms with Crippen molar-refractivity contribution in [1.82, 2.24) is 5.32 Å². The van der Waals surface area contributed by atoms with Crippen LogP contribution in [0.2, 0.25) is 5.02 Å². The Morgan fingerprint density at radius 1 is 1.08 bits per heavy atom.